The van der Waals surface area contributed by atoms with Gasteiger partial charge in [-0.05, 0) is 15.9 Å². The highest BCUT2D eigenvalue weighted by Gasteiger charge is 2.12. The SMILES string of the molecule is CC(CN(C)c1ncncc1Br)C(=N)N. The quantitative estimate of drug-likeness (QED) is 0.638. The molecule has 0 saturated heterocycles. The van der Waals surface area contributed by atoms with Crippen molar-refractivity contribution in [2.75, 3.05) is 18.5 Å². The molecule has 1 unspecified atom stereocenters. The average Bonchev–Trinajstić information content (AvgIpc) is 2.18. The normalized spacial score (nSPS) is 12.2. The lowest BCUT2D eigenvalue weighted by atomic mass is 10.1. The summed E-state index contributed by atoms with van der Waals surface area (Å²) in [6.45, 7) is 2.57. The van der Waals surface area contributed by atoms with Gasteiger partial charge in [-0.1, -0.05) is 6.92 Å². The third kappa shape index (κ3) is 3.16. The number of nitrogens with zero attached hydrogens (tertiary/aromatic N) is 3. The predicted octanol–water partition coefficient (Wildman–Crippen LogP) is 1.25. The first kappa shape index (κ1) is 11.9. The van der Waals surface area contributed by atoms with Crippen LogP contribution in [0.3, 0.4) is 0 Å². The van der Waals surface area contributed by atoms with E-state index in [-0.39, 0.29) is 11.8 Å². The molecule has 0 radical (unpaired) electrons. The van der Waals surface area contributed by atoms with Crippen molar-refractivity contribution in [1.29, 1.82) is 5.41 Å². The molecule has 0 aliphatic heterocycles. The molecule has 1 atom stereocenters. The summed E-state index contributed by atoms with van der Waals surface area (Å²) in [5.41, 5.74) is 5.41. The number of amidine groups is 1. The molecule has 1 aromatic heterocycles. The maximum absolute atomic E-state index is 7.32. The van der Waals surface area contributed by atoms with Crippen molar-refractivity contribution < 1.29 is 0 Å². The Morgan fingerprint density at radius 2 is 2.40 bits per heavy atom. The van der Waals surface area contributed by atoms with E-state index in [4.69, 9.17) is 11.1 Å². The van der Waals surface area contributed by atoms with Crippen LogP contribution in [-0.4, -0.2) is 29.4 Å². The first-order chi connectivity index (χ1) is 7.02. The van der Waals surface area contributed by atoms with Crippen molar-refractivity contribution in [3.05, 3.63) is 17.0 Å². The van der Waals surface area contributed by atoms with E-state index in [0.29, 0.717) is 6.54 Å². The lowest BCUT2D eigenvalue weighted by Gasteiger charge is -2.22. The van der Waals surface area contributed by atoms with Crippen molar-refractivity contribution in [3.63, 3.8) is 0 Å². The number of rotatable bonds is 4. The molecule has 1 aromatic rings. The van der Waals surface area contributed by atoms with Crippen molar-refractivity contribution in [1.82, 2.24) is 9.97 Å². The van der Waals surface area contributed by atoms with E-state index in [1.807, 2.05) is 18.9 Å². The smallest absolute Gasteiger partial charge is 0.146 e. The summed E-state index contributed by atoms with van der Waals surface area (Å²) in [6.07, 6.45) is 3.19. The fourth-order valence-corrected chi connectivity index (χ4v) is 1.71. The van der Waals surface area contributed by atoms with Crippen LogP contribution in [0.2, 0.25) is 0 Å². The van der Waals surface area contributed by atoms with E-state index < -0.39 is 0 Å². The summed E-state index contributed by atoms with van der Waals surface area (Å²) in [6, 6.07) is 0. The average molecular weight is 272 g/mol. The van der Waals surface area contributed by atoms with Gasteiger partial charge in [0.2, 0.25) is 0 Å². The van der Waals surface area contributed by atoms with Crippen LogP contribution in [0.4, 0.5) is 5.82 Å². The molecule has 1 heterocycles. The molecule has 0 spiro atoms. The van der Waals surface area contributed by atoms with Gasteiger partial charge in [0, 0.05) is 25.7 Å². The summed E-state index contributed by atoms with van der Waals surface area (Å²) < 4.78 is 0.836. The third-order valence-corrected chi connectivity index (χ3v) is 2.65. The van der Waals surface area contributed by atoms with Crippen LogP contribution in [0, 0.1) is 11.3 Å². The Bertz CT molecular complexity index is 354. The highest BCUT2D eigenvalue weighted by molar-refractivity contribution is 9.10. The summed E-state index contributed by atoms with van der Waals surface area (Å²) in [5.74, 6) is 1.00. The van der Waals surface area contributed by atoms with Crippen LogP contribution in [-0.2, 0) is 0 Å². The maximum Gasteiger partial charge on any atom is 0.146 e. The molecule has 0 saturated carbocycles. The number of hydrogen-bond acceptors (Lipinski definition) is 4. The van der Waals surface area contributed by atoms with Gasteiger partial charge in [-0.2, -0.15) is 0 Å². The van der Waals surface area contributed by atoms with E-state index in [0.717, 1.165) is 10.3 Å². The Hall–Kier alpha value is -1.17. The topological polar surface area (TPSA) is 78.9 Å². The van der Waals surface area contributed by atoms with Crippen LogP contribution in [0.5, 0.6) is 0 Å². The van der Waals surface area contributed by atoms with Gasteiger partial charge >= 0.3 is 0 Å². The molecular formula is C9H14BrN5. The molecule has 0 aliphatic rings. The molecule has 0 bridgehead atoms. The number of halogens is 1. The predicted molar refractivity (Wildman–Crippen MR) is 64.1 cm³/mol. The summed E-state index contributed by atoms with van der Waals surface area (Å²) in [5, 5.41) is 7.32. The maximum atomic E-state index is 7.32. The summed E-state index contributed by atoms with van der Waals surface area (Å²) in [7, 11) is 1.91. The zero-order valence-electron chi connectivity index (χ0n) is 8.74. The molecule has 0 amide bonds. The van der Waals surface area contributed by atoms with Crippen LogP contribution in [0.25, 0.3) is 0 Å². The van der Waals surface area contributed by atoms with E-state index in [1.54, 1.807) is 6.20 Å². The van der Waals surface area contributed by atoms with E-state index in [1.165, 1.54) is 6.33 Å². The number of nitrogens with two attached hydrogens (primary N) is 1. The van der Waals surface area contributed by atoms with Crippen LogP contribution in [0.15, 0.2) is 17.0 Å². The molecule has 82 valence electrons. The number of aromatic nitrogens is 2. The van der Waals surface area contributed by atoms with E-state index in [9.17, 15) is 0 Å². The second-order valence-electron chi connectivity index (χ2n) is 3.43. The van der Waals surface area contributed by atoms with Gasteiger partial charge in [0.25, 0.3) is 0 Å². The Balaban J connectivity index is 2.73. The van der Waals surface area contributed by atoms with E-state index >= 15 is 0 Å². The minimum absolute atomic E-state index is 0.0110. The monoisotopic (exact) mass is 271 g/mol. The Kier molecular flexibility index (Phi) is 4.02. The van der Waals surface area contributed by atoms with Crippen molar-refractivity contribution >= 4 is 27.6 Å². The minimum Gasteiger partial charge on any atom is -0.387 e. The lowest BCUT2D eigenvalue weighted by molar-refractivity contribution is 0.720. The highest BCUT2D eigenvalue weighted by atomic mass is 79.9. The Morgan fingerprint density at radius 3 is 2.93 bits per heavy atom. The second kappa shape index (κ2) is 5.06. The van der Waals surface area contributed by atoms with Crippen molar-refractivity contribution in [2.24, 2.45) is 11.7 Å². The summed E-state index contributed by atoms with van der Waals surface area (Å²) >= 11 is 3.37. The van der Waals surface area contributed by atoms with Gasteiger partial charge in [0.05, 0.1) is 10.3 Å². The van der Waals surface area contributed by atoms with Gasteiger partial charge in [-0.25, -0.2) is 9.97 Å². The molecule has 1 rings (SSSR count). The minimum atomic E-state index is 0.0110. The fourth-order valence-electron chi connectivity index (χ4n) is 1.18. The van der Waals surface area contributed by atoms with Crippen LogP contribution < -0.4 is 10.6 Å². The first-order valence-electron chi connectivity index (χ1n) is 4.53. The molecule has 6 heteroatoms. The van der Waals surface area contributed by atoms with Crippen molar-refractivity contribution in [2.45, 2.75) is 6.92 Å². The molecule has 0 aliphatic carbocycles. The van der Waals surface area contributed by atoms with E-state index in [2.05, 4.69) is 25.9 Å². The fraction of sp³-hybridized carbons (Fsp3) is 0.444. The van der Waals surface area contributed by atoms with Crippen molar-refractivity contribution in [3.8, 4) is 0 Å². The standard InChI is InChI=1S/C9H14BrN5/c1-6(8(11)12)4-15(2)9-7(10)3-13-5-14-9/h3,5-6H,4H2,1-2H3,(H3,11,12). The second-order valence-corrected chi connectivity index (χ2v) is 4.29. The lowest BCUT2D eigenvalue weighted by Crippen LogP contribution is -2.32. The van der Waals surface area contributed by atoms with Crippen LogP contribution >= 0.6 is 15.9 Å². The zero-order valence-corrected chi connectivity index (χ0v) is 10.3. The molecule has 0 fully saturated rings. The Morgan fingerprint density at radius 1 is 1.73 bits per heavy atom. The van der Waals surface area contributed by atoms with Gasteiger partial charge in [-0.15, -0.1) is 0 Å². The number of anilines is 1. The first-order valence-corrected chi connectivity index (χ1v) is 5.32. The largest absolute Gasteiger partial charge is 0.387 e. The van der Waals surface area contributed by atoms with Gasteiger partial charge in [0.1, 0.15) is 12.1 Å². The van der Waals surface area contributed by atoms with Gasteiger partial charge < -0.3 is 10.6 Å². The zero-order chi connectivity index (χ0) is 11.4. The third-order valence-electron chi connectivity index (χ3n) is 2.09. The van der Waals surface area contributed by atoms with Gasteiger partial charge in [-0.3, -0.25) is 5.41 Å². The molecule has 5 nitrogen and oxygen atoms in total. The highest BCUT2D eigenvalue weighted by Crippen LogP contribution is 2.21. The molecule has 0 aromatic carbocycles. The molecule has 3 N–H and O–H groups in total. The molecular weight excluding hydrogens is 258 g/mol. The van der Waals surface area contributed by atoms with Crippen LogP contribution in [0.1, 0.15) is 6.92 Å². The van der Waals surface area contributed by atoms with Gasteiger partial charge in [0.15, 0.2) is 0 Å². The number of hydrogen-bond donors (Lipinski definition) is 2. The molecule has 15 heavy (non-hydrogen) atoms. The number of nitrogens with one attached hydrogen (secondary N) is 1. The summed E-state index contributed by atoms with van der Waals surface area (Å²) in [4.78, 5) is 9.98. The Labute approximate surface area is 97.3 Å².